The van der Waals surface area contributed by atoms with E-state index in [2.05, 4.69) is 20.1 Å². The summed E-state index contributed by atoms with van der Waals surface area (Å²) >= 11 is 6.82. The molecule has 2 aromatic carbocycles. The molecule has 0 unspecified atom stereocenters. The van der Waals surface area contributed by atoms with Crippen LogP contribution >= 0.6 is 11.6 Å². The molecule has 7 nitrogen and oxygen atoms in total. The summed E-state index contributed by atoms with van der Waals surface area (Å²) in [7, 11) is 0. The zero-order chi connectivity index (χ0) is 29.2. The van der Waals surface area contributed by atoms with Crippen LogP contribution in [0.15, 0.2) is 79.4 Å². The number of alkyl halides is 3. The quantitative estimate of drug-likeness (QED) is 0.189. The highest BCUT2D eigenvalue weighted by Crippen LogP contribution is 2.46. The number of aromatic nitrogens is 5. The molecule has 5 rings (SSSR count). The van der Waals surface area contributed by atoms with E-state index in [4.69, 9.17) is 16.3 Å². The maximum absolute atomic E-state index is 14.4. The molecule has 0 spiro atoms. The minimum absolute atomic E-state index is 0.0766. The summed E-state index contributed by atoms with van der Waals surface area (Å²) in [5, 5.41) is 14.4. The second kappa shape index (κ2) is 11.4. The molecule has 41 heavy (non-hydrogen) atoms. The number of hydrogen-bond acceptors (Lipinski definition) is 5. The van der Waals surface area contributed by atoms with Gasteiger partial charge in [0.25, 0.3) is 0 Å². The fourth-order valence-corrected chi connectivity index (χ4v) is 4.77. The number of halogens is 4. The standard InChI is InChI=1S/C30H27ClF3N5O2/c1-29(2,40)12-15-39-27(30(32,33)34)22(17-38-39)26-24(28-35-13-7-14-36-28)21(16-37-26)20-10-6-11-23(25(20)31)41-18-19-8-4-3-5-9-19/h3-11,13-14,16-17,37,40H,12,15,18H2,1-2H3. The summed E-state index contributed by atoms with van der Waals surface area (Å²) in [6, 6.07) is 16.5. The highest BCUT2D eigenvalue weighted by atomic mass is 35.5. The van der Waals surface area contributed by atoms with E-state index in [-0.39, 0.29) is 36.7 Å². The molecule has 0 aliphatic heterocycles. The average Bonchev–Trinajstić information content (AvgIpc) is 3.57. The second-order valence-corrected chi connectivity index (χ2v) is 10.5. The third-order valence-electron chi connectivity index (χ3n) is 6.47. The van der Waals surface area contributed by atoms with Crippen molar-refractivity contribution in [2.24, 2.45) is 0 Å². The van der Waals surface area contributed by atoms with Gasteiger partial charge in [-0.15, -0.1) is 0 Å². The summed E-state index contributed by atoms with van der Waals surface area (Å²) in [6.45, 7) is 3.23. The van der Waals surface area contributed by atoms with Crippen molar-refractivity contribution in [3.8, 4) is 39.5 Å². The van der Waals surface area contributed by atoms with Crippen molar-refractivity contribution < 1.29 is 23.0 Å². The van der Waals surface area contributed by atoms with Crippen LogP contribution in [0.25, 0.3) is 33.8 Å². The van der Waals surface area contributed by atoms with Gasteiger partial charge in [0.15, 0.2) is 11.5 Å². The zero-order valence-electron chi connectivity index (χ0n) is 22.3. The highest BCUT2D eigenvalue weighted by Gasteiger charge is 2.40. The number of rotatable bonds is 9. The number of benzene rings is 2. The topological polar surface area (TPSA) is 88.8 Å². The molecule has 11 heteroatoms. The predicted molar refractivity (Wildman–Crippen MR) is 150 cm³/mol. The monoisotopic (exact) mass is 581 g/mol. The number of nitrogens with one attached hydrogen (secondary N) is 1. The third-order valence-corrected chi connectivity index (χ3v) is 6.86. The van der Waals surface area contributed by atoms with Gasteiger partial charge in [0.05, 0.1) is 28.1 Å². The van der Waals surface area contributed by atoms with Gasteiger partial charge in [0, 0.05) is 41.8 Å². The van der Waals surface area contributed by atoms with Crippen molar-refractivity contribution in [3.63, 3.8) is 0 Å². The lowest BCUT2D eigenvalue weighted by molar-refractivity contribution is -0.144. The first-order chi connectivity index (χ1) is 19.5. The molecule has 0 fully saturated rings. The Morgan fingerprint density at radius 1 is 0.951 bits per heavy atom. The molecular weight excluding hydrogens is 555 g/mol. The van der Waals surface area contributed by atoms with Crippen molar-refractivity contribution in [2.75, 3.05) is 0 Å². The van der Waals surface area contributed by atoms with Crippen LogP contribution in [0, 0.1) is 0 Å². The Morgan fingerprint density at radius 3 is 2.37 bits per heavy atom. The summed E-state index contributed by atoms with van der Waals surface area (Å²) in [5.41, 5.74) is 0.177. The number of aryl methyl sites for hydroxylation is 1. The number of ether oxygens (including phenoxy) is 1. The Bertz CT molecular complexity index is 1630. The Balaban J connectivity index is 1.62. The highest BCUT2D eigenvalue weighted by molar-refractivity contribution is 6.35. The maximum atomic E-state index is 14.4. The van der Waals surface area contributed by atoms with Gasteiger partial charge in [-0.05, 0) is 38.0 Å². The fourth-order valence-electron chi connectivity index (χ4n) is 4.49. The van der Waals surface area contributed by atoms with Gasteiger partial charge >= 0.3 is 6.18 Å². The summed E-state index contributed by atoms with van der Waals surface area (Å²) < 4.78 is 50.2. The molecule has 3 heterocycles. The summed E-state index contributed by atoms with van der Waals surface area (Å²) in [5.74, 6) is 0.633. The molecule has 0 atom stereocenters. The number of aliphatic hydroxyl groups is 1. The van der Waals surface area contributed by atoms with E-state index in [9.17, 15) is 18.3 Å². The Hall–Kier alpha value is -4.15. The number of nitrogens with zero attached hydrogens (tertiary/aromatic N) is 4. The van der Waals surface area contributed by atoms with Crippen molar-refractivity contribution in [1.29, 1.82) is 0 Å². The minimum atomic E-state index is -4.73. The van der Waals surface area contributed by atoms with Gasteiger partial charge in [-0.25, -0.2) is 9.97 Å². The number of H-pyrrole nitrogens is 1. The Labute approximate surface area is 239 Å². The molecule has 212 valence electrons. The number of hydrogen-bond donors (Lipinski definition) is 2. The van der Waals surface area contributed by atoms with E-state index in [0.717, 1.165) is 16.4 Å². The Morgan fingerprint density at radius 2 is 1.68 bits per heavy atom. The molecule has 0 bridgehead atoms. The lowest BCUT2D eigenvalue weighted by Gasteiger charge is -2.19. The Kier molecular flexibility index (Phi) is 7.88. The van der Waals surface area contributed by atoms with Crippen LogP contribution in [0.5, 0.6) is 5.75 Å². The van der Waals surface area contributed by atoms with Gasteiger partial charge in [0.2, 0.25) is 0 Å². The molecule has 0 saturated heterocycles. The summed E-state index contributed by atoms with van der Waals surface area (Å²) in [6.07, 6.45) is 1.12. The minimum Gasteiger partial charge on any atom is -0.487 e. The van der Waals surface area contributed by atoms with Crippen molar-refractivity contribution in [1.82, 2.24) is 24.7 Å². The van der Waals surface area contributed by atoms with Gasteiger partial charge in [-0.2, -0.15) is 18.3 Å². The first-order valence-corrected chi connectivity index (χ1v) is 13.2. The molecule has 2 N–H and O–H groups in total. The van der Waals surface area contributed by atoms with Crippen molar-refractivity contribution in [3.05, 3.63) is 95.7 Å². The second-order valence-electron chi connectivity index (χ2n) is 10.1. The van der Waals surface area contributed by atoms with Gasteiger partial charge in [-0.1, -0.05) is 54.1 Å². The van der Waals surface area contributed by atoms with Crippen LogP contribution in [0.2, 0.25) is 5.02 Å². The van der Waals surface area contributed by atoms with Crippen LogP contribution in [0.1, 0.15) is 31.5 Å². The third kappa shape index (κ3) is 6.28. The van der Waals surface area contributed by atoms with Crippen LogP contribution in [0.4, 0.5) is 13.2 Å². The van der Waals surface area contributed by atoms with E-state index < -0.39 is 17.5 Å². The van der Waals surface area contributed by atoms with Crippen LogP contribution in [-0.2, 0) is 19.3 Å². The van der Waals surface area contributed by atoms with E-state index in [1.165, 1.54) is 26.2 Å². The average molecular weight is 582 g/mol. The van der Waals surface area contributed by atoms with Crippen LogP contribution in [-0.4, -0.2) is 35.4 Å². The van der Waals surface area contributed by atoms with Crippen LogP contribution in [0.3, 0.4) is 0 Å². The molecule has 5 aromatic rings. The van der Waals surface area contributed by atoms with Crippen molar-refractivity contribution in [2.45, 2.75) is 45.2 Å². The first-order valence-electron chi connectivity index (χ1n) is 12.8. The SMILES string of the molecule is CC(C)(O)CCn1ncc(-c2[nH]cc(-c3cccc(OCc4ccccc4)c3Cl)c2-c2ncccn2)c1C(F)(F)F. The zero-order valence-corrected chi connectivity index (χ0v) is 23.0. The molecule has 3 aromatic heterocycles. The lowest BCUT2D eigenvalue weighted by atomic mass is 9.98. The smallest absolute Gasteiger partial charge is 0.433 e. The van der Waals surface area contributed by atoms with E-state index >= 15 is 0 Å². The number of aromatic amines is 1. The van der Waals surface area contributed by atoms with Gasteiger partial charge in [-0.3, -0.25) is 4.68 Å². The van der Waals surface area contributed by atoms with Gasteiger partial charge in [0.1, 0.15) is 12.4 Å². The van der Waals surface area contributed by atoms with E-state index in [0.29, 0.717) is 27.5 Å². The van der Waals surface area contributed by atoms with Crippen molar-refractivity contribution >= 4 is 11.6 Å². The predicted octanol–water partition coefficient (Wildman–Crippen LogP) is 7.41. The lowest BCUT2D eigenvalue weighted by Crippen LogP contribution is -2.24. The van der Waals surface area contributed by atoms with E-state index in [1.54, 1.807) is 30.5 Å². The summed E-state index contributed by atoms with van der Waals surface area (Å²) in [4.78, 5) is 11.7. The largest absolute Gasteiger partial charge is 0.487 e. The molecular formula is C30H27ClF3N5O2. The van der Waals surface area contributed by atoms with Crippen LogP contribution < -0.4 is 4.74 Å². The molecule has 0 saturated carbocycles. The molecule has 0 radical (unpaired) electrons. The first kappa shape index (κ1) is 28.4. The molecule has 0 aliphatic carbocycles. The van der Waals surface area contributed by atoms with Gasteiger partial charge < -0.3 is 14.8 Å². The molecule has 0 aliphatic rings. The molecule has 0 amide bonds. The normalized spacial score (nSPS) is 12.1. The fraction of sp³-hybridized carbons (Fsp3) is 0.233. The van der Waals surface area contributed by atoms with E-state index in [1.807, 2.05) is 30.3 Å². The maximum Gasteiger partial charge on any atom is 0.433 e.